The quantitative estimate of drug-likeness (QED) is 0.856. The Morgan fingerprint density at radius 2 is 2.08 bits per heavy atom. The maximum Gasteiger partial charge on any atom is 0.345 e. The van der Waals surface area contributed by atoms with E-state index in [1.54, 1.807) is 25.2 Å². The molecule has 8 heteroatoms. The Labute approximate surface area is 140 Å². The van der Waals surface area contributed by atoms with Gasteiger partial charge >= 0.3 is 5.69 Å². The number of hydrogen-bond donors (Lipinski definition) is 1. The summed E-state index contributed by atoms with van der Waals surface area (Å²) in [7, 11) is 1.76. The monoisotopic (exact) mass is 332 g/mol. The van der Waals surface area contributed by atoms with Crippen LogP contribution in [0.4, 0.5) is 0 Å². The van der Waals surface area contributed by atoms with Crippen LogP contribution in [0.25, 0.3) is 0 Å². The second kappa shape index (κ2) is 7.37. The fourth-order valence-electron chi connectivity index (χ4n) is 2.66. The van der Waals surface area contributed by atoms with E-state index >= 15 is 0 Å². The molecule has 0 saturated carbocycles. The van der Waals surface area contributed by atoms with Gasteiger partial charge in [-0.15, -0.1) is 10.2 Å². The van der Waals surface area contributed by atoms with Crippen LogP contribution >= 0.6 is 0 Å². The van der Waals surface area contributed by atoms with Crippen LogP contribution < -0.4 is 5.69 Å². The number of rotatable bonds is 6. The smallest absolute Gasteiger partial charge is 0.338 e. The molecular formula is C16H24N6O2. The molecule has 2 rings (SSSR count). The summed E-state index contributed by atoms with van der Waals surface area (Å²) in [4.78, 5) is 31.9. The van der Waals surface area contributed by atoms with E-state index in [1.165, 1.54) is 0 Å². The van der Waals surface area contributed by atoms with Crippen molar-refractivity contribution in [2.24, 2.45) is 0 Å². The minimum absolute atomic E-state index is 0.0123. The number of nitrogens with zero attached hydrogens (tertiary/aromatic N) is 5. The van der Waals surface area contributed by atoms with E-state index in [0.29, 0.717) is 25.1 Å². The lowest BCUT2D eigenvalue weighted by molar-refractivity contribution is -0.130. The molecule has 0 radical (unpaired) electrons. The van der Waals surface area contributed by atoms with Crippen molar-refractivity contribution in [1.29, 1.82) is 0 Å². The lowest BCUT2D eigenvalue weighted by atomic mass is 10.1. The Kier molecular flexibility index (Phi) is 5.48. The molecule has 0 aliphatic carbocycles. The second-order valence-corrected chi connectivity index (χ2v) is 6.23. The second-order valence-electron chi connectivity index (χ2n) is 6.23. The molecule has 0 unspecified atom stereocenters. The Balaban J connectivity index is 2.00. The summed E-state index contributed by atoms with van der Waals surface area (Å²) in [5.74, 6) is 0.775. The van der Waals surface area contributed by atoms with Gasteiger partial charge in [0, 0.05) is 30.9 Å². The van der Waals surface area contributed by atoms with Gasteiger partial charge in [-0.2, -0.15) is 4.98 Å². The van der Waals surface area contributed by atoms with Gasteiger partial charge in [-0.1, -0.05) is 0 Å². The van der Waals surface area contributed by atoms with E-state index in [9.17, 15) is 9.59 Å². The van der Waals surface area contributed by atoms with Crippen molar-refractivity contribution in [1.82, 2.24) is 29.6 Å². The molecule has 2 aromatic rings. The van der Waals surface area contributed by atoms with E-state index in [-0.39, 0.29) is 17.6 Å². The average Bonchev–Trinajstić information content (AvgIpc) is 2.94. The summed E-state index contributed by atoms with van der Waals surface area (Å²) in [5.41, 5.74) is 2.00. The molecule has 0 bridgehead atoms. The number of carbonyl (C=O) groups is 1. The van der Waals surface area contributed by atoms with Gasteiger partial charge in [0.2, 0.25) is 5.91 Å². The van der Waals surface area contributed by atoms with Gasteiger partial charge in [-0.3, -0.25) is 4.79 Å². The minimum atomic E-state index is -0.356. The predicted octanol–water partition coefficient (Wildman–Crippen LogP) is 1.15. The van der Waals surface area contributed by atoms with Gasteiger partial charge in [-0.25, -0.2) is 4.79 Å². The van der Waals surface area contributed by atoms with Gasteiger partial charge in [0.15, 0.2) is 5.82 Å². The molecular weight excluding hydrogens is 308 g/mol. The Hall–Kier alpha value is -2.51. The summed E-state index contributed by atoms with van der Waals surface area (Å²) in [6.07, 6.45) is 2.57. The van der Waals surface area contributed by atoms with Crippen LogP contribution in [-0.4, -0.2) is 42.6 Å². The normalized spacial score (nSPS) is 11.1. The molecule has 0 atom stereocenters. The lowest BCUT2D eigenvalue weighted by Gasteiger charge is -2.18. The van der Waals surface area contributed by atoms with Gasteiger partial charge < -0.3 is 14.5 Å². The number of aromatic amines is 1. The first-order valence-corrected chi connectivity index (χ1v) is 7.98. The van der Waals surface area contributed by atoms with Gasteiger partial charge in [0.1, 0.15) is 6.33 Å². The zero-order valence-electron chi connectivity index (χ0n) is 14.8. The third-order valence-electron chi connectivity index (χ3n) is 4.05. The van der Waals surface area contributed by atoms with E-state index in [0.717, 1.165) is 17.1 Å². The van der Waals surface area contributed by atoms with Crippen molar-refractivity contribution >= 4 is 5.91 Å². The maximum atomic E-state index is 12.4. The van der Waals surface area contributed by atoms with Crippen LogP contribution in [0.2, 0.25) is 0 Å². The third kappa shape index (κ3) is 4.06. The van der Waals surface area contributed by atoms with Crippen LogP contribution in [0.5, 0.6) is 0 Å². The molecule has 0 saturated heterocycles. The number of H-pyrrole nitrogens is 1. The molecule has 1 N–H and O–H groups in total. The number of hydrogen-bond acceptors (Lipinski definition) is 5. The molecule has 2 heterocycles. The zero-order valence-corrected chi connectivity index (χ0v) is 14.8. The van der Waals surface area contributed by atoms with Crippen LogP contribution in [0.3, 0.4) is 0 Å². The largest absolute Gasteiger partial charge is 0.345 e. The molecule has 8 nitrogen and oxygen atoms in total. The first kappa shape index (κ1) is 17.8. The highest BCUT2D eigenvalue weighted by Crippen LogP contribution is 2.12. The fraction of sp³-hybridized carbons (Fsp3) is 0.562. The molecule has 0 fully saturated rings. The number of nitrogens with one attached hydrogen (secondary N) is 1. The van der Waals surface area contributed by atoms with Crippen molar-refractivity contribution in [3.8, 4) is 0 Å². The molecule has 0 spiro atoms. The highest BCUT2D eigenvalue weighted by atomic mass is 16.2. The highest BCUT2D eigenvalue weighted by molar-refractivity contribution is 5.76. The minimum Gasteiger partial charge on any atom is -0.338 e. The predicted molar refractivity (Wildman–Crippen MR) is 89.5 cm³/mol. The molecule has 24 heavy (non-hydrogen) atoms. The van der Waals surface area contributed by atoms with Crippen molar-refractivity contribution in [3.05, 3.63) is 39.6 Å². The van der Waals surface area contributed by atoms with E-state index in [4.69, 9.17) is 0 Å². The van der Waals surface area contributed by atoms with E-state index in [1.807, 2.05) is 25.3 Å². The van der Waals surface area contributed by atoms with Crippen molar-refractivity contribution in [2.75, 3.05) is 7.05 Å². The maximum absolute atomic E-state index is 12.4. The third-order valence-corrected chi connectivity index (χ3v) is 4.05. The zero-order chi connectivity index (χ0) is 17.9. The number of aryl methyl sites for hydroxylation is 2. The topological polar surface area (TPSA) is 96.8 Å². The van der Waals surface area contributed by atoms with E-state index in [2.05, 4.69) is 20.2 Å². The van der Waals surface area contributed by atoms with Gasteiger partial charge in [0.05, 0.1) is 6.54 Å². The Morgan fingerprint density at radius 3 is 2.71 bits per heavy atom. The Bertz CT molecular complexity index is 751. The SMILES string of the molecule is Cc1nc(=O)[nH]c(C)c1CCC(=O)N(C)Cc1nncn1C(C)C. The van der Waals surface area contributed by atoms with Crippen molar-refractivity contribution in [2.45, 2.75) is 53.1 Å². The number of aromatic nitrogens is 5. The first-order chi connectivity index (χ1) is 11.3. The Morgan fingerprint density at radius 1 is 1.38 bits per heavy atom. The summed E-state index contributed by atoms with van der Waals surface area (Å²) in [6.45, 7) is 8.12. The summed E-state index contributed by atoms with van der Waals surface area (Å²) < 4.78 is 1.95. The van der Waals surface area contributed by atoms with Crippen LogP contribution in [0.1, 0.15) is 49.1 Å². The number of amides is 1. The first-order valence-electron chi connectivity index (χ1n) is 7.98. The fourth-order valence-corrected chi connectivity index (χ4v) is 2.66. The molecule has 2 aromatic heterocycles. The molecule has 0 aliphatic heterocycles. The molecule has 1 amide bonds. The summed E-state index contributed by atoms with van der Waals surface area (Å²) in [6, 6.07) is 0.246. The van der Waals surface area contributed by atoms with Crippen LogP contribution in [0, 0.1) is 13.8 Å². The standard InChI is InChI=1S/C16H24N6O2/c1-10(2)22-9-17-20-14(22)8-21(5)15(23)7-6-13-11(3)18-16(24)19-12(13)4/h9-10H,6-8H2,1-5H3,(H,18,19,24). The van der Waals surface area contributed by atoms with Gasteiger partial charge in [-0.05, 0) is 39.7 Å². The average molecular weight is 332 g/mol. The van der Waals surface area contributed by atoms with Crippen molar-refractivity contribution < 1.29 is 4.79 Å². The van der Waals surface area contributed by atoms with Crippen LogP contribution in [-0.2, 0) is 17.8 Å². The highest BCUT2D eigenvalue weighted by Gasteiger charge is 2.16. The van der Waals surface area contributed by atoms with E-state index < -0.39 is 0 Å². The lowest BCUT2D eigenvalue weighted by Crippen LogP contribution is -2.28. The molecule has 0 aliphatic rings. The summed E-state index contributed by atoms with van der Waals surface area (Å²) in [5, 5.41) is 8.00. The molecule has 130 valence electrons. The van der Waals surface area contributed by atoms with Gasteiger partial charge in [0.25, 0.3) is 0 Å². The molecule has 0 aromatic carbocycles. The van der Waals surface area contributed by atoms with Crippen LogP contribution in [0.15, 0.2) is 11.1 Å². The number of carbonyl (C=O) groups excluding carboxylic acids is 1. The summed E-state index contributed by atoms with van der Waals surface area (Å²) >= 11 is 0. The van der Waals surface area contributed by atoms with Crippen molar-refractivity contribution in [3.63, 3.8) is 0 Å².